The number of nitrogens with zero attached hydrogens (tertiary/aromatic N) is 2. The van der Waals surface area contributed by atoms with Crippen molar-refractivity contribution in [3.8, 4) is 22.5 Å². The smallest absolute Gasteiger partial charge is 0.355 e. The molecular weight excluding hydrogens is 539 g/mol. The first kappa shape index (κ1) is 17.8. The van der Waals surface area contributed by atoms with Crippen LogP contribution in [-0.2, 0) is 21.1 Å². The van der Waals surface area contributed by atoms with Crippen molar-refractivity contribution < 1.29 is 21.1 Å². The minimum atomic E-state index is 0. The van der Waals surface area contributed by atoms with Crippen molar-refractivity contribution in [3.63, 3.8) is 0 Å². The second-order valence-corrected chi connectivity index (χ2v) is 7.04. The normalized spacial score (nSPS) is 11.7. The molecule has 5 heteroatoms. The minimum Gasteiger partial charge on any atom is -0.355 e. The molecule has 1 aromatic carbocycles. The zero-order valence-electron chi connectivity index (χ0n) is 15.3. The van der Waals surface area contributed by atoms with Crippen LogP contribution in [0.2, 0.25) is 0 Å². The third kappa shape index (κ3) is 3.26. The van der Waals surface area contributed by atoms with Crippen LogP contribution in [0.25, 0.3) is 56.7 Å². The number of hydrogen-bond donors (Lipinski definition) is 2. The maximum Gasteiger partial charge on any atom is 2.00 e. The Bertz CT molecular complexity index is 1320. The Morgan fingerprint density at radius 2 is 0.966 bits per heavy atom. The fourth-order valence-corrected chi connectivity index (χ4v) is 3.76. The molecule has 4 aromatic rings. The topological polar surface area (TPSA) is 57.4 Å². The number of aromatic nitrogens is 4. The molecule has 140 valence electrons. The second-order valence-electron chi connectivity index (χ2n) is 7.04. The minimum absolute atomic E-state index is 0. The number of nitrogens with one attached hydrogen (secondary N) is 2. The fraction of sp³-hybridized carbons (Fsp3) is 0. The average Bonchev–Trinajstić information content (AvgIpc) is 3.47. The molecule has 2 aliphatic rings. The van der Waals surface area contributed by atoms with Crippen LogP contribution in [0.3, 0.4) is 0 Å². The zero-order chi connectivity index (χ0) is 18.5. The van der Waals surface area contributed by atoms with E-state index in [-0.39, 0.29) is 21.1 Å². The van der Waals surface area contributed by atoms with E-state index in [1.165, 1.54) is 0 Å². The Kier molecular flexibility index (Phi) is 4.29. The molecule has 2 N–H and O–H groups in total. The van der Waals surface area contributed by atoms with Gasteiger partial charge in [-0.25, -0.2) is 9.97 Å². The van der Waals surface area contributed by atoms with Gasteiger partial charge in [-0.2, -0.15) is 0 Å². The summed E-state index contributed by atoms with van der Waals surface area (Å²) in [7, 11) is 0. The van der Waals surface area contributed by atoms with Gasteiger partial charge in [0, 0.05) is 33.2 Å². The van der Waals surface area contributed by atoms with Crippen molar-refractivity contribution in [2.24, 2.45) is 0 Å². The van der Waals surface area contributed by atoms with Gasteiger partial charge in [-0.3, -0.25) is 0 Å². The van der Waals surface area contributed by atoms with Crippen LogP contribution in [0.1, 0.15) is 11.4 Å². The average molecular weight is 555 g/mol. The van der Waals surface area contributed by atoms with Crippen molar-refractivity contribution in [1.29, 1.82) is 0 Å². The summed E-state index contributed by atoms with van der Waals surface area (Å²) >= 11 is 0. The number of benzene rings is 1. The summed E-state index contributed by atoms with van der Waals surface area (Å²) in [5, 5.41) is 0. The van der Waals surface area contributed by atoms with Gasteiger partial charge < -0.3 is 9.97 Å². The summed E-state index contributed by atoms with van der Waals surface area (Å²) in [5.74, 6) is 0. The predicted molar refractivity (Wildman–Crippen MR) is 114 cm³/mol. The molecular formula is C24H16N4Pt+2. The van der Waals surface area contributed by atoms with E-state index in [9.17, 15) is 0 Å². The molecule has 8 bridgehead atoms. The molecule has 6 rings (SSSR count). The molecule has 0 saturated carbocycles. The van der Waals surface area contributed by atoms with E-state index in [4.69, 9.17) is 4.98 Å². The van der Waals surface area contributed by atoms with Crippen molar-refractivity contribution in [2.75, 3.05) is 0 Å². The first-order valence-corrected chi connectivity index (χ1v) is 9.26. The Balaban J connectivity index is 0.00000181. The van der Waals surface area contributed by atoms with E-state index in [0.29, 0.717) is 0 Å². The summed E-state index contributed by atoms with van der Waals surface area (Å²) < 4.78 is 0. The summed E-state index contributed by atoms with van der Waals surface area (Å²) in [6.07, 6.45) is 4.06. The second kappa shape index (κ2) is 6.98. The van der Waals surface area contributed by atoms with Crippen molar-refractivity contribution >= 4 is 34.2 Å². The third-order valence-electron chi connectivity index (χ3n) is 5.06. The van der Waals surface area contributed by atoms with Crippen LogP contribution in [0, 0.1) is 0 Å². The molecule has 0 saturated heterocycles. The van der Waals surface area contributed by atoms with Crippen LogP contribution in [0.5, 0.6) is 0 Å². The number of hydrogen-bond acceptors (Lipinski definition) is 2. The van der Waals surface area contributed by atoms with E-state index >= 15 is 0 Å². The van der Waals surface area contributed by atoms with Crippen LogP contribution in [-0.4, -0.2) is 19.9 Å². The summed E-state index contributed by atoms with van der Waals surface area (Å²) in [5.41, 5.74) is 10.2. The standard InChI is InChI=1S/C24H16N4.Pt/c1-2-4-22-21(3-1)23-13-19-9-7-17(26-19)11-15-5-6-16(25-15)12-18-8-10-20(27-18)14-24(22)28-23;/h1-14,26-27H;/q;+2. The Morgan fingerprint density at radius 1 is 0.517 bits per heavy atom. The van der Waals surface area contributed by atoms with Gasteiger partial charge in [-0.15, -0.1) is 0 Å². The van der Waals surface area contributed by atoms with Crippen LogP contribution >= 0.6 is 0 Å². The monoisotopic (exact) mass is 555 g/mol. The first-order valence-electron chi connectivity index (χ1n) is 9.26. The van der Waals surface area contributed by atoms with Crippen LogP contribution in [0.15, 0.2) is 72.8 Å². The molecule has 5 heterocycles. The Morgan fingerprint density at radius 3 is 1.45 bits per heavy atom. The summed E-state index contributed by atoms with van der Waals surface area (Å²) in [6, 6.07) is 24.9. The molecule has 29 heavy (non-hydrogen) atoms. The van der Waals surface area contributed by atoms with E-state index in [0.717, 1.165) is 56.0 Å². The molecule has 0 radical (unpaired) electrons. The molecule has 4 nitrogen and oxygen atoms in total. The first-order chi connectivity index (χ1) is 13.8. The van der Waals surface area contributed by atoms with Gasteiger partial charge in [0.15, 0.2) is 0 Å². The Labute approximate surface area is 181 Å². The van der Waals surface area contributed by atoms with Gasteiger partial charge in [0.1, 0.15) is 0 Å². The molecule has 3 aromatic heterocycles. The van der Waals surface area contributed by atoms with Gasteiger partial charge in [-0.1, -0.05) is 24.3 Å². The van der Waals surface area contributed by atoms with Gasteiger partial charge in [0.2, 0.25) is 0 Å². The van der Waals surface area contributed by atoms with Gasteiger partial charge in [0.25, 0.3) is 0 Å². The molecule has 2 aliphatic heterocycles. The third-order valence-corrected chi connectivity index (χ3v) is 5.06. The predicted octanol–water partition coefficient (Wildman–Crippen LogP) is 5.82. The van der Waals surface area contributed by atoms with Crippen LogP contribution in [0.4, 0.5) is 0 Å². The van der Waals surface area contributed by atoms with Gasteiger partial charge in [-0.05, 0) is 60.7 Å². The number of aromatic amines is 2. The van der Waals surface area contributed by atoms with Crippen LogP contribution < -0.4 is 0 Å². The summed E-state index contributed by atoms with van der Waals surface area (Å²) in [6.45, 7) is 0. The number of fused-ring (bicyclic) bond motifs is 11. The quantitative estimate of drug-likeness (QED) is 0.248. The van der Waals surface area contributed by atoms with Crippen molar-refractivity contribution in [1.82, 2.24) is 19.9 Å². The fourth-order valence-electron chi connectivity index (χ4n) is 3.76. The summed E-state index contributed by atoms with van der Waals surface area (Å²) in [4.78, 5) is 16.5. The van der Waals surface area contributed by atoms with E-state index in [2.05, 4.69) is 87.7 Å². The van der Waals surface area contributed by atoms with Crippen molar-refractivity contribution in [3.05, 3.63) is 84.2 Å². The zero-order valence-corrected chi connectivity index (χ0v) is 17.6. The maximum atomic E-state index is 4.91. The molecule has 0 aliphatic carbocycles. The molecule has 0 atom stereocenters. The molecule has 0 spiro atoms. The van der Waals surface area contributed by atoms with Gasteiger partial charge >= 0.3 is 21.1 Å². The van der Waals surface area contributed by atoms with E-state index in [1.807, 2.05) is 12.2 Å². The van der Waals surface area contributed by atoms with Gasteiger partial charge in [0.05, 0.1) is 22.8 Å². The number of rotatable bonds is 0. The molecule has 0 unspecified atom stereocenters. The van der Waals surface area contributed by atoms with E-state index in [1.54, 1.807) is 0 Å². The van der Waals surface area contributed by atoms with E-state index < -0.39 is 0 Å². The van der Waals surface area contributed by atoms with Crippen molar-refractivity contribution in [2.45, 2.75) is 0 Å². The molecule has 0 amide bonds. The maximum absolute atomic E-state index is 4.91. The Hall–Kier alpha value is -3.23. The number of H-pyrrole nitrogens is 2. The largest absolute Gasteiger partial charge is 2.00 e. The molecule has 0 fully saturated rings. The SMILES string of the molecule is C1=Cc2cc3ccc(cc4nc(cc5ccc(cc1n2)[nH]5)-c1ccccc1-4)[nH]3.[Pt+2].